The number of aromatic nitrogens is 3. The molecule has 0 aliphatic heterocycles. The summed E-state index contributed by atoms with van der Waals surface area (Å²) in [4.78, 5) is 5.99. The van der Waals surface area contributed by atoms with Crippen molar-refractivity contribution >= 4 is 22.9 Å². The predicted octanol–water partition coefficient (Wildman–Crippen LogP) is 3.04. The van der Waals surface area contributed by atoms with E-state index in [0.29, 0.717) is 0 Å². The molecule has 3 heterocycles. The van der Waals surface area contributed by atoms with Crippen molar-refractivity contribution in [3.05, 3.63) is 52.6 Å². The van der Waals surface area contributed by atoms with Crippen LogP contribution in [0.3, 0.4) is 0 Å². The van der Waals surface area contributed by atoms with Crippen LogP contribution in [0.2, 0.25) is 0 Å². The van der Waals surface area contributed by atoms with Gasteiger partial charge in [-0.1, -0.05) is 12.1 Å². The second-order valence-corrected chi connectivity index (χ2v) is 6.77. The second-order valence-electron chi connectivity index (χ2n) is 5.79. The van der Waals surface area contributed by atoms with Crippen molar-refractivity contribution in [2.45, 2.75) is 32.7 Å². The molecule has 1 atom stereocenters. The number of hydrogen-bond acceptors (Lipinski definition) is 4. The Labute approximate surface area is 152 Å². The third-order valence-corrected chi connectivity index (χ3v) is 4.94. The van der Waals surface area contributed by atoms with Crippen LogP contribution in [0.1, 0.15) is 37.0 Å². The lowest BCUT2D eigenvalue weighted by Gasteiger charge is -2.16. The van der Waals surface area contributed by atoms with Crippen molar-refractivity contribution in [2.75, 3.05) is 13.1 Å². The van der Waals surface area contributed by atoms with E-state index in [4.69, 9.17) is 0 Å². The van der Waals surface area contributed by atoms with Gasteiger partial charge in [-0.25, -0.2) is 0 Å². The smallest absolute Gasteiger partial charge is 0.191 e. The molecule has 0 aliphatic carbocycles. The van der Waals surface area contributed by atoms with Gasteiger partial charge in [0.2, 0.25) is 0 Å². The SMILES string of the molecule is CCNC(=NCCCc1nnc2ccccn12)NC(C)c1cccs1. The van der Waals surface area contributed by atoms with E-state index < -0.39 is 0 Å². The van der Waals surface area contributed by atoms with Gasteiger partial charge in [0.25, 0.3) is 0 Å². The fraction of sp³-hybridized carbons (Fsp3) is 0.389. The van der Waals surface area contributed by atoms with E-state index in [1.165, 1.54) is 4.88 Å². The first kappa shape index (κ1) is 17.4. The molecule has 0 amide bonds. The standard InChI is InChI=1S/C18H24N6S/c1-3-19-18(21-14(2)15-8-7-13-25-15)20-11-6-10-17-23-22-16-9-4-5-12-24(16)17/h4-5,7-9,12-14H,3,6,10-11H2,1-2H3,(H2,19,20,21). The number of nitrogens with zero attached hydrogens (tertiary/aromatic N) is 4. The number of thiophene rings is 1. The highest BCUT2D eigenvalue weighted by Gasteiger charge is 2.08. The average molecular weight is 356 g/mol. The molecule has 2 N–H and O–H groups in total. The monoisotopic (exact) mass is 356 g/mol. The molecular formula is C18H24N6S. The Bertz CT molecular complexity index is 808. The number of fused-ring (bicyclic) bond motifs is 1. The number of pyridine rings is 1. The van der Waals surface area contributed by atoms with Gasteiger partial charge >= 0.3 is 0 Å². The van der Waals surface area contributed by atoms with Crippen LogP contribution in [0.4, 0.5) is 0 Å². The summed E-state index contributed by atoms with van der Waals surface area (Å²) >= 11 is 1.76. The molecule has 0 bridgehead atoms. The van der Waals surface area contributed by atoms with Gasteiger partial charge in [-0.05, 0) is 43.8 Å². The van der Waals surface area contributed by atoms with Gasteiger partial charge in [0, 0.05) is 30.6 Å². The fourth-order valence-electron chi connectivity index (χ4n) is 2.62. The quantitative estimate of drug-likeness (QED) is 0.388. The Morgan fingerprint density at radius 1 is 1.28 bits per heavy atom. The van der Waals surface area contributed by atoms with Crippen molar-refractivity contribution in [1.29, 1.82) is 0 Å². The van der Waals surface area contributed by atoms with Crippen molar-refractivity contribution < 1.29 is 0 Å². The van der Waals surface area contributed by atoms with Gasteiger partial charge in [0.05, 0.1) is 6.04 Å². The normalized spacial score (nSPS) is 13.1. The molecule has 25 heavy (non-hydrogen) atoms. The number of aryl methyl sites for hydroxylation is 1. The minimum Gasteiger partial charge on any atom is -0.357 e. The van der Waals surface area contributed by atoms with Gasteiger partial charge in [-0.15, -0.1) is 21.5 Å². The lowest BCUT2D eigenvalue weighted by molar-refractivity contribution is 0.691. The fourth-order valence-corrected chi connectivity index (χ4v) is 3.36. The second kappa shape index (κ2) is 8.62. The Balaban J connectivity index is 1.54. The number of aliphatic imine (C=N–C) groups is 1. The molecule has 3 rings (SSSR count). The summed E-state index contributed by atoms with van der Waals surface area (Å²) < 4.78 is 2.03. The minimum atomic E-state index is 0.248. The van der Waals surface area contributed by atoms with Crippen LogP contribution in [-0.4, -0.2) is 33.6 Å². The average Bonchev–Trinajstić information content (AvgIpc) is 3.29. The molecule has 3 aromatic heterocycles. The highest BCUT2D eigenvalue weighted by molar-refractivity contribution is 7.10. The van der Waals surface area contributed by atoms with E-state index in [1.807, 2.05) is 28.8 Å². The van der Waals surface area contributed by atoms with Crippen LogP contribution in [-0.2, 0) is 6.42 Å². The van der Waals surface area contributed by atoms with Crippen LogP contribution in [0.5, 0.6) is 0 Å². The molecule has 3 aromatic rings. The van der Waals surface area contributed by atoms with E-state index in [0.717, 1.165) is 43.4 Å². The molecular weight excluding hydrogens is 332 g/mol. The molecule has 0 radical (unpaired) electrons. The highest BCUT2D eigenvalue weighted by Crippen LogP contribution is 2.17. The number of hydrogen-bond donors (Lipinski definition) is 2. The lowest BCUT2D eigenvalue weighted by Crippen LogP contribution is -2.38. The summed E-state index contributed by atoms with van der Waals surface area (Å²) in [7, 11) is 0. The summed E-state index contributed by atoms with van der Waals surface area (Å²) in [5.41, 5.74) is 0.890. The molecule has 0 aromatic carbocycles. The molecule has 0 saturated carbocycles. The van der Waals surface area contributed by atoms with Crippen LogP contribution >= 0.6 is 11.3 Å². The highest BCUT2D eigenvalue weighted by atomic mass is 32.1. The van der Waals surface area contributed by atoms with Crippen LogP contribution in [0.25, 0.3) is 5.65 Å². The van der Waals surface area contributed by atoms with Crippen molar-refractivity contribution in [2.24, 2.45) is 4.99 Å². The zero-order chi connectivity index (χ0) is 17.5. The maximum absolute atomic E-state index is 4.68. The van der Waals surface area contributed by atoms with Gasteiger partial charge in [-0.3, -0.25) is 9.39 Å². The summed E-state index contributed by atoms with van der Waals surface area (Å²) in [5.74, 6) is 1.84. The minimum absolute atomic E-state index is 0.248. The molecule has 1 unspecified atom stereocenters. The largest absolute Gasteiger partial charge is 0.357 e. The summed E-state index contributed by atoms with van der Waals surface area (Å²) in [6.07, 6.45) is 3.79. The Morgan fingerprint density at radius 2 is 2.20 bits per heavy atom. The van der Waals surface area contributed by atoms with Crippen molar-refractivity contribution in [3.8, 4) is 0 Å². The van der Waals surface area contributed by atoms with E-state index >= 15 is 0 Å². The molecule has 0 spiro atoms. The Morgan fingerprint density at radius 3 is 3.00 bits per heavy atom. The summed E-state index contributed by atoms with van der Waals surface area (Å²) in [6, 6.07) is 10.4. The molecule has 7 heteroatoms. The first-order chi connectivity index (χ1) is 12.3. The first-order valence-electron chi connectivity index (χ1n) is 8.65. The van der Waals surface area contributed by atoms with Gasteiger partial charge in [0.15, 0.2) is 11.6 Å². The van der Waals surface area contributed by atoms with Crippen LogP contribution in [0, 0.1) is 0 Å². The van der Waals surface area contributed by atoms with Gasteiger partial charge in [-0.2, -0.15) is 0 Å². The van der Waals surface area contributed by atoms with E-state index in [2.05, 4.69) is 57.2 Å². The zero-order valence-electron chi connectivity index (χ0n) is 14.6. The maximum atomic E-state index is 4.68. The number of guanidine groups is 1. The molecule has 132 valence electrons. The molecule has 0 aliphatic rings. The molecule has 0 fully saturated rings. The van der Waals surface area contributed by atoms with Gasteiger partial charge in [0.1, 0.15) is 5.82 Å². The topological polar surface area (TPSA) is 66.6 Å². The van der Waals surface area contributed by atoms with Crippen LogP contribution in [0.15, 0.2) is 46.9 Å². The number of rotatable bonds is 7. The van der Waals surface area contributed by atoms with Crippen molar-refractivity contribution in [3.63, 3.8) is 0 Å². The predicted molar refractivity (Wildman–Crippen MR) is 103 cm³/mol. The Kier molecular flexibility index (Phi) is 6.00. The van der Waals surface area contributed by atoms with E-state index in [9.17, 15) is 0 Å². The van der Waals surface area contributed by atoms with Gasteiger partial charge < -0.3 is 10.6 Å². The zero-order valence-corrected chi connectivity index (χ0v) is 15.5. The third kappa shape index (κ3) is 4.57. The lowest BCUT2D eigenvalue weighted by atomic mass is 10.3. The van der Waals surface area contributed by atoms with E-state index in [-0.39, 0.29) is 6.04 Å². The van der Waals surface area contributed by atoms with Crippen molar-refractivity contribution in [1.82, 2.24) is 25.2 Å². The molecule has 6 nitrogen and oxygen atoms in total. The first-order valence-corrected chi connectivity index (χ1v) is 9.52. The number of nitrogens with one attached hydrogen (secondary N) is 2. The Hall–Kier alpha value is -2.41. The van der Waals surface area contributed by atoms with E-state index in [1.54, 1.807) is 11.3 Å². The third-order valence-electron chi connectivity index (χ3n) is 3.88. The maximum Gasteiger partial charge on any atom is 0.191 e. The summed E-state index contributed by atoms with van der Waals surface area (Å²) in [5, 5.41) is 17.3. The van der Waals surface area contributed by atoms with Crippen LogP contribution < -0.4 is 10.6 Å². The molecule has 0 saturated heterocycles. The summed E-state index contributed by atoms with van der Waals surface area (Å²) in [6.45, 7) is 5.82.